The lowest BCUT2D eigenvalue weighted by Gasteiger charge is -2.10. The number of imidazole rings is 1. The summed E-state index contributed by atoms with van der Waals surface area (Å²) in [5, 5.41) is 1.09. The summed E-state index contributed by atoms with van der Waals surface area (Å²) >= 11 is 12.2. The van der Waals surface area contributed by atoms with Gasteiger partial charge in [0, 0.05) is 22.3 Å². The van der Waals surface area contributed by atoms with Crippen LogP contribution in [-0.2, 0) is 0 Å². The average Bonchev–Trinajstić information content (AvgIpc) is 2.85. The Morgan fingerprint density at radius 2 is 1.81 bits per heavy atom. The number of benzene rings is 1. The van der Waals surface area contributed by atoms with Crippen molar-refractivity contribution in [2.24, 2.45) is 0 Å². The maximum atomic E-state index is 6.29. The van der Waals surface area contributed by atoms with Gasteiger partial charge in [0.15, 0.2) is 0 Å². The molecule has 106 valence electrons. The molecule has 21 heavy (non-hydrogen) atoms. The van der Waals surface area contributed by atoms with Crippen molar-refractivity contribution in [3.8, 4) is 22.6 Å². The number of nitrogen functional groups attached to an aromatic ring is 1. The molecule has 6 heteroatoms. The fraction of sp³-hybridized carbons (Fsp3) is 0.0667. The van der Waals surface area contributed by atoms with Crippen LogP contribution in [0.15, 0.2) is 36.5 Å². The van der Waals surface area contributed by atoms with Crippen LogP contribution in [0.3, 0.4) is 0 Å². The molecule has 3 N–H and O–H groups in total. The van der Waals surface area contributed by atoms with E-state index in [-0.39, 0.29) is 0 Å². The van der Waals surface area contributed by atoms with Crippen LogP contribution >= 0.6 is 23.2 Å². The Morgan fingerprint density at radius 1 is 1.05 bits per heavy atom. The monoisotopic (exact) mass is 318 g/mol. The topological polar surface area (TPSA) is 67.6 Å². The van der Waals surface area contributed by atoms with E-state index in [9.17, 15) is 0 Å². The van der Waals surface area contributed by atoms with E-state index in [0.29, 0.717) is 21.6 Å². The maximum absolute atomic E-state index is 6.29. The SMILES string of the molecule is Cc1c[nH]c(-c2ccc(N)nc2-c2ccc(Cl)cc2Cl)n1. The second-order valence-corrected chi connectivity index (χ2v) is 5.49. The van der Waals surface area contributed by atoms with Gasteiger partial charge in [0.1, 0.15) is 11.6 Å². The lowest BCUT2D eigenvalue weighted by molar-refractivity contribution is 1.24. The third-order valence-corrected chi connectivity index (χ3v) is 3.61. The highest BCUT2D eigenvalue weighted by molar-refractivity contribution is 6.36. The smallest absolute Gasteiger partial charge is 0.139 e. The predicted octanol–water partition coefficient (Wildman–Crippen LogP) is 4.34. The van der Waals surface area contributed by atoms with Gasteiger partial charge in [-0.2, -0.15) is 0 Å². The molecule has 0 bridgehead atoms. The Bertz CT molecular complexity index is 811. The van der Waals surface area contributed by atoms with Crippen LogP contribution in [0, 0.1) is 6.92 Å². The van der Waals surface area contributed by atoms with Gasteiger partial charge >= 0.3 is 0 Å². The fourth-order valence-electron chi connectivity index (χ4n) is 2.10. The highest BCUT2D eigenvalue weighted by Gasteiger charge is 2.15. The van der Waals surface area contributed by atoms with Gasteiger partial charge in [0.25, 0.3) is 0 Å². The largest absolute Gasteiger partial charge is 0.384 e. The van der Waals surface area contributed by atoms with Gasteiger partial charge in [0.05, 0.1) is 16.4 Å². The highest BCUT2D eigenvalue weighted by atomic mass is 35.5. The predicted molar refractivity (Wildman–Crippen MR) is 86.4 cm³/mol. The van der Waals surface area contributed by atoms with Gasteiger partial charge in [-0.3, -0.25) is 0 Å². The minimum atomic E-state index is 0.419. The zero-order valence-electron chi connectivity index (χ0n) is 11.2. The van der Waals surface area contributed by atoms with Crippen molar-refractivity contribution in [2.45, 2.75) is 6.92 Å². The Hall–Kier alpha value is -2.04. The summed E-state index contributed by atoms with van der Waals surface area (Å²) < 4.78 is 0. The van der Waals surface area contributed by atoms with Crippen molar-refractivity contribution >= 4 is 29.0 Å². The van der Waals surface area contributed by atoms with E-state index >= 15 is 0 Å². The van der Waals surface area contributed by atoms with Gasteiger partial charge in [-0.05, 0) is 37.3 Å². The maximum Gasteiger partial charge on any atom is 0.139 e. The van der Waals surface area contributed by atoms with Gasteiger partial charge in [-0.1, -0.05) is 23.2 Å². The van der Waals surface area contributed by atoms with Gasteiger partial charge in [-0.15, -0.1) is 0 Å². The first kappa shape index (κ1) is 13.9. The van der Waals surface area contributed by atoms with E-state index in [1.54, 1.807) is 18.2 Å². The molecule has 2 heterocycles. The Labute approximate surface area is 132 Å². The first-order valence-corrected chi connectivity index (χ1v) is 7.04. The van der Waals surface area contributed by atoms with Crippen molar-refractivity contribution in [3.05, 3.63) is 52.3 Å². The molecule has 0 saturated carbocycles. The van der Waals surface area contributed by atoms with Gasteiger partial charge < -0.3 is 10.7 Å². The first-order chi connectivity index (χ1) is 10.0. The number of aryl methyl sites for hydroxylation is 1. The van der Waals surface area contributed by atoms with E-state index in [1.807, 2.05) is 25.3 Å². The van der Waals surface area contributed by atoms with Crippen LogP contribution < -0.4 is 5.73 Å². The number of aromatic amines is 1. The molecule has 0 spiro atoms. The zero-order valence-corrected chi connectivity index (χ0v) is 12.7. The Balaban J connectivity index is 2.23. The summed E-state index contributed by atoms with van der Waals surface area (Å²) in [4.78, 5) is 12.0. The molecule has 0 atom stereocenters. The van der Waals surface area contributed by atoms with Crippen LogP contribution in [0.5, 0.6) is 0 Å². The number of halogens is 2. The number of nitrogens with zero attached hydrogens (tertiary/aromatic N) is 2. The second-order valence-electron chi connectivity index (χ2n) is 4.65. The molecule has 4 nitrogen and oxygen atoms in total. The molecule has 0 amide bonds. The molecule has 2 aromatic heterocycles. The minimum Gasteiger partial charge on any atom is -0.384 e. The third-order valence-electron chi connectivity index (χ3n) is 3.06. The third kappa shape index (κ3) is 2.73. The summed E-state index contributed by atoms with van der Waals surface area (Å²) in [6, 6.07) is 8.89. The number of nitrogens with one attached hydrogen (secondary N) is 1. The molecule has 3 rings (SSSR count). The fourth-order valence-corrected chi connectivity index (χ4v) is 2.60. The summed E-state index contributed by atoms with van der Waals surface area (Å²) in [5.74, 6) is 1.14. The average molecular weight is 319 g/mol. The lowest BCUT2D eigenvalue weighted by Crippen LogP contribution is -1.96. The van der Waals surface area contributed by atoms with Crippen molar-refractivity contribution in [2.75, 3.05) is 5.73 Å². The molecule has 1 aromatic carbocycles. The summed E-state index contributed by atoms with van der Waals surface area (Å²) in [7, 11) is 0. The molecule has 0 aliphatic carbocycles. The molecule has 0 radical (unpaired) electrons. The van der Waals surface area contributed by atoms with Gasteiger partial charge in [-0.25, -0.2) is 9.97 Å². The van der Waals surface area contributed by atoms with Crippen molar-refractivity contribution < 1.29 is 0 Å². The van der Waals surface area contributed by atoms with E-state index in [4.69, 9.17) is 28.9 Å². The van der Waals surface area contributed by atoms with Crippen LogP contribution in [-0.4, -0.2) is 15.0 Å². The molecular formula is C15H12Cl2N4. The van der Waals surface area contributed by atoms with Crippen LogP contribution in [0.25, 0.3) is 22.6 Å². The molecule has 0 unspecified atom stereocenters. The van der Waals surface area contributed by atoms with E-state index < -0.39 is 0 Å². The molecule has 0 fully saturated rings. The van der Waals surface area contributed by atoms with E-state index in [0.717, 1.165) is 22.6 Å². The summed E-state index contributed by atoms with van der Waals surface area (Å²) in [6.45, 7) is 1.92. The van der Waals surface area contributed by atoms with Crippen LogP contribution in [0.2, 0.25) is 10.0 Å². The molecule has 3 aromatic rings. The van der Waals surface area contributed by atoms with Crippen LogP contribution in [0.4, 0.5) is 5.82 Å². The van der Waals surface area contributed by atoms with Gasteiger partial charge in [0.2, 0.25) is 0 Å². The normalized spacial score (nSPS) is 10.8. The molecule has 0 aliphatic heterocycles. The molecular weight excluding hydrogens is 307 g/mol. The van der Waals surface area contributed by atoms with Crippen molar-refractivity contribution in [1.29, 1.82) is 0 Å². The lowest BCUT2D eigenvalue weighted by atomic mass is 10.1. The minimum absolute atomic E-state index is 0.419. The van der Waals surface area contributed by atoms with Crippen LogP contribution in [0.1, 0.15) is 5.69 Å². The number of hydrogen-bond acceptors (Lipinski definition) is 3. The molecule has 0 saturated heterocycles. The van der Waals surface area contributed by atoms with Crippen molar-refractivity contribution in [1.82, 2.24) is 15.0 Å². The quantitative estimate of drug-likeness (QED) is 0.738. The number of anilines is 1. The number of hydrogen-bond donors (Lipinski definition) is 2. The highest BCUT2D eigenvalue weighted by Crippen LogP contribution is 2.35. The number of rotatable bonds is 2. The van der Waals surface area contributed by atoms with E-state index in [2.05, 4.69) is 15.0 Å². The molecule has 0 aliphatic rings. The zero-order chi connectivity index (χ0) is 15.0. The Kier molecular flexibility index (Phi) is 3.57. The number of pyridine rings is 1. The van der Waals surface area contributed by atoms with Crippen molar-refractivity contribution in [3.63, 3.8) is 0 Å². The second kappa shape index (κ2) is 5.39. The summed E-state index contributed by atoms with van der Waals surface area (Å²) in [6.07, 6.45) is 1.83. The number of nitrogens with two attached hydrogens (primary N) is 1. The number of H-pyrrole nitrogens is 1. The first-order valence-electron chi connectivity index (χ1n) is 6.29. The van der Waals surface area contributed by atoms with E-state index in [1.165, 1.54) is 0 Å². The Morgan fingerprint density at radius 3 is 2.48 bits per heavy atom. The standard InChI is InChI=1S/C15H12Cl2N4/c1-8-7-19-15(20-8)11-4-5-13(18)21-14(11)10-3-2-9(16)6-12(10)17/h2-7H,1H3,(H2,18,21)(H,19,20). The summed E-state index contributed by atoms with van der Waals surface area (Å²) in [5.41, 5.74) is 8.98. The number of aromatic nitrogens is 3.